The Morgan fingerprint density at radius 3 is 2.80 bits per heavy atom. The van der Waals surface area contributed by atoms with Crippen molar-refractivity contribution in [1.82, 2.24) is 0 Å². The summed E-state index contributed by atoms with van der Waals surface area (Å²) in [4.78, 5) is 10.4. The molecule has 7 heteroatoms. The highest BCUT2D eigenvalue weighted by Crippen LogP contribution is 2.34. The minimum absolute atomic E-state index is 0.0480. The monoisotopic (exact) mass is 282 g/mol. The molecule has 3 unspecified atom stereocenters. The number of rotatable bonds is 6. The highest BCUT2D eigenvalue weighted by Gasteiger charge is 2.41. The molecule has 0 radical (unpaired) electrons. The van der Waals surface area contributed by atoms with Gasteiger partial charge in [0.1, 0.15) is 18.0 Å². The summed E-state index contributed by atoms with van der Waals surface area (Å²) in [7, 11) is 1.39. The van der Waals surface area contributed by atoms with Crippen LogP contribution < -0.4 is 15.2 Å². The third-order valence-electron chi connectivity index (χ3n) is 3.29. The number of benzene rings is 1. The van der Waals surface area contributed by atoms with E-state index in [1.54, 1.807) is 6.07 Å². The van der Waals surface area contributed by atoms with Crippen molar-refractivity contribution in [3.63, 3.8) is 0 Å². The van der Waals surface area contributed by atoms with Crippen LogP contribution in [0, 0.1) is 10.1 Å². The molecule has 0 bridgehead atoms. The summed E-state index contributed by atoms with van der Waals surface area (Å²) in [6.07, 6.45) is 0.337. The van der Waals surface area contributed by atoms with Gasteiger partial charge in [-0.25, -0.2) is 0 Å². The van der Waals surface area contributed by atoms with E-state index in [4.69, 9.17) is 19.9 Å². The summed E-state index contributed by atoms with van der Waals surface area (Å²) in [6.45, 7) is 2.45. The van der Waals surface area contributed by atoms with Crippen molar-refractivity contribution < 1.29 is 19.1 Å². The van der Waals surface area contributed by atoms with E-state index in [-0.39, 0.29) is 29.7 Å². The van der Waals surface area contributed by atoms with Gasteiger partial charge in [-0.1, -0.05) is 0 Å². The lowest BCUT2D eigenvalue weighted by Crippen LogP contribution is -2.59. The smallest absolute Gasteiger partial charge is 0.314 e. The van der Waals surface area contributed by atoms with Gasteiger partial charge in [0, 0.05) is 19.1 Å². The van der Waals surface area contributed by atoms with Crippen molar-refractivity contribution in [2.45, 2.75) is 31.6 Å². The maximum absolute atomic E-state index is 10.9. The molecule has 0 heterocycles. The second kappa shape index (κ2) is 6.06. The van der Waals surface area contributed by atoms with Gasteiger partial charge in [0.2, 0.25) is 0 Å². The molecule has 1 aromatic rings. The molecule has 1 aliphatic carbocycles. The Labute approximate surface area is 116 Å². The number of nitro groups is 1. The van der Waals surface area contributed by atoms with E-state index in [0.29, 0.717) is 18.8 Å². The average Bonchev–Trinajstić information content (AvgIpc) is 2.44. The van der Waals surface area contributed by atoms with Crippen LogP contribution in [-0.4, -0.2) is 36.9 Å². The van der Waals surface area contributed by atoms with Gasteiger partial charge in [-0.2, -0.15) is 0 Å². The van der Waals surface area contributed by atoms with Gasteiger partial charge in [-0.05, 0) is 19.1 Å². The molecule has 20 heavy (non-hydrogen) atoms. The van der Waals surface area contributed by atoms with Crippen LogP contribution in [0.2, 0.25) is 0 Å². The standard InChI is InChI=1S/C13H18N2O5/c1-3-19-13-9(14)7-12(13)20-8-4-5-11(18-2)10(6-8)15(16)17/h4-6,9,12-13H,3,7,14H2,1-2H3. The summed E-state index contributed by atoms with van der Waals surface area (Å²) in [6, 6.07) is 4.46. The molecule has 0 amide bonds. The largest absolute Gasteiger partial charge is 0.490 e. The number of methoxy groups -OCH3 is 1. The summed E-state index contributed by atoms with van der Waals surface area (Å²) in [5.41, 5.74) is 5.72. The molecular formula is C13H18N2O5. The van der Waals surface area contributed by atoms with Gasteiger partial charge in [0.15, 0.2) is 5.75 Å². The van der Waals surface area contributed by atoms with Crippen LogP contribution in [0.3, 0.4) is 0 Å². The molecule has 1 aliphatic rings. The van der Waals surface area contributed by atoms with E-state index in [0.717, 1.165) is 0 Å². The quantitative estimate of drug-likeness (QED) is 0.627. The third kappa shape index (κ3) is 2.83. The average molecular weight is 282 g/mol. The van der Waals surface area contributed by atoms with Crippen LogP contribution >= 0.6 is 0 Å². The lowest BCUT2D eigenvalue weighted by molar-refractivity contribution is -0.385. The fraction of sp³-hybridized carbons (Fsp3) is 0.538. The molecule has 2 N–H and O–H groups in total. The van der Waals surface area contributed by atoms with Crippen LogP contribution in [0.4, 0.5) is 5.69 Å². The van der Waals surface area contributed by atoms with Gasteiger partial charge in [0.05, 0.1) is 18.1 Å². The van der Waals surface area contributed by atoms with Gasteiger partial charge >= 0.3 is 5.69 Å². The fourth-order valence-electron chi connectivity index (χ4n) is 2.22. The molecule has 1 aromatic carbocycles. The van der Waals surface area contributed by atoms with Crippen molar-refractivity contribution in [3.05, 3.63) is 28.3 Å². The Balaban J connectivity index is 2.10. The van der Waals surface area contributed by atoms with Crippen molar-refractivity contribution in [2.75, 3.05) is 13.7 Å². The van der Waals surface area contributed by atoms with Crippen molar-refractivity contribution in [2.24, 2.45) is 5.73 Å². The molecule has 0 aromatic heterocycles. The van der Waals surface area contributed by atoms with Crippen LogP contribution in [0.25, 0.3) is 0 Å². The van der Waals surface area contributed by atoms with Crippen molar-refractivity contribution >= 4 is 5.69 Å². The molecule has 1 fully saturated rings. The highest BCUT2D eigenvalue weighted by atomic mass is 16.6. The summed E-state index contributed by atoms with van der Waals surface area (Å²) < 4.78 is 16.1. The van der Waals surface area contributed by atoms with Crippen molar-refractivity contribution in [3.8, 4) is 11.5 Å². The highest BCUT2D eigenvalue weighted by molar-refractivity contribution is 5.50. The first-order chi connectivity index (χ1) is 9.56. The van der Waals surface area contributed by atoms with E-state index < -0.39 is 4.92 Å². The second-order valence-electron chi connectivity index (χ2n) is 4.57. The topological polar surface area (TPSA) is 96.9 Å². The summed E-state index contributed by atoms with van der Waals surface area (Å²) in [5.74, 6) is 0.619. The normalized spacial score (nSPS) is 24.9. The number of hydrogen-bond donors (Lipinski definition) is 1. The second-order valence-corrected chi connectivity index (χ2v) is 4.57. The van der Waals surface area contributed by atoms with E-state index in [2.05, 4.69) is 0 Å². The molecule has 0 saturated heterocycles. The van der Waals surface area contributed by atoms with E-state index in [1.807, 2.05) is 6.92 Å². The molecule has 0 spiro atoms. The zero-order valence-corrected chi connectivity index (χ0v) is 11.4. The third-order valence-corrected chi connectivity index (χ3v) is 3.29. The Kier molecular flexibility index (Phi) is 4.41. The minimum Gasteiger partial charge on any atom is -0.490 e. The maximum Gasteiger partial charge on any atom is 0.314 e. The molecule has 0 aliphatic heterocycles. The Hall–Kier alpha value is -1.86. The summed E-state index contributed by atoms with van der Waals surface area (Å²) in [5, 5.41) is 10.9. The lowest BCUT2D eigenvalue weighted by atomic mass is 9.86. The number of nitrogens with two attached hydrogens (primary N) is 1. The number of nitro benzene ring substituents is 1. The zero-order chi connectivity index (χ0) is 14.7. The van der Waals surface area contributed by atoms with Crippen LogP contribution in [-0.2, 0) is 4.74 Å². The maximum atomic E-state index is 10.9. The van der Waals surface area contributed by atoms with Gasteiger partial charge in [0.25, 0.3) is 0 Å². The van der Waals surface area contributed by atoms with Gasteiger partial charge in [-0.15, -0.1) is 0 Å². The van der Waals surface area contributed by atoms with Crippen LogP contribution in [0.1, 0.15) is 13.3 Å². The van der Waals surface area contributed by atoms with Gasteiger partial charge in [-0.3, -0.25) is 10.1 Å². The van der Waals surface area contributed by atoms with E-state index in [1.165, 1.54) is 19.2 Å². The number of ether oxygens (including phenoxy) is 3. The Morgan fingerprint density at radius 1 is 1.50 bits per heavy atom. The fourth-order valence-corrected chi connectivity index (χ4v) is 2.22. The van der Waals surface area contributed by atoms with E-state index in [9.17, 15) is 10.1 Å². The first kappa shape index (κ1) is 14.5. The van der Waals surface area contributed by atoms with Crippen LogP contribution in [0.15, 0.2) is 18.2 Å². The molecule has 7 nitrogen and oxygen atoms in total. The number of hydrogen-bond acceptors (Lipinski definition) is 6. The Morgan fingerprint density at radius 2 is 2.25 bits per heavy atom. The minimum atomic E-state index is -0.502. The van der Waals surface area contributed by atoms with E-state index >= 15 is 0 Å². The first-order valence-electron chi connectivity index (χ1n) is 6.43. The predicted octanol–water partition coefficient (Wildman–Crippen LogP) is 1.49. The predicted molar refractivity (Wildman–Crippen MR) is 72.1 cm³/mol. The van der Waals surface area contributed by atoms with Crippen molar-refractivity contribution in [1.29, 1.82) is 0 Å². The van der Waals surface area contributed by atoms with Crippen LogP contribution in [0.5, 0.6) is 11.5 Å². The molecule has 2 rings (SSSR count). The molecule has 110 valence electrons. The summed E-state index contributed by atoms with van der Waals surface area (Å²) >= 11 is 0. The molecule has 3 atom stereocenters. The number of nitrogens with zero attached hydrogens (tertiary/aromatic N) is 1. The van der Waals surface area contributed by atoms with Gasteiger partial charge < -0.3 is 19.9 Å². The Bertz CT molecular complexity index is 494. The SMILES string of the molecule is CCOC1C(N)CC1Oc1ccc(OC)c([N+](=O)[O-])c1. The lowest BCUT2D eigenvalue weighted by Gasteiger charge is -2.41. The molecule has 1 saturated carbocycles. The zero-order valence-electron chi connectivity index (χ0n) is 11.4. The molecular weight excluding hydrogens is 264 g/mol. The first-order valence-corrected chi connectivity index (χ1v) is 6.43.